The lowest BCUT2D eigenvalue weighted by molar-refractivity contribution is 0.0977. The molecule has 0 bridgehead atoms. The Balaban J connectivity index is 1.80. The average molecular weight is 272 g/mol. The first-order valence-corrected chi connectivity index (χ1v) is 8.45. The fourth-order valence-corrected chi connectivity index (χ4v) is 3.03. The first-order chi connectivity index (χ1) is 9.83. The monoisotopic (exact) mass is 272 g/mol. The van der Waals surface area contributed by atoms with Crippen molar-refractivity contribution in [2.75, 3.05) is 0 Å². The summed E-state index contributed by atoms with van der Waals surface area (Å²) in [6.07, 6.45) is 12.1. The second-order valence-corrected chi connectivity index (χ2v) is 6.16. The summed E-state index contributed by atoms with van der Waals surface area (Å²) in [5, 5.41) is 0. The molecule has 1 aliphatic rings. The number of unbranched alkanes of at least 4 members (excludes halogenated alkanes) is 5. The van der Waals surface area contributed by atoms with Crippen LogP contribution in [0.1, 0.15) is 93.0 Å². The van der Waals surface area contributed by atoms with Crippen LogP contribution in [0.5, 0.6) is 0 Å². The lowest BCUT2D eigenvalue weighted by atomic mass is 9.77. The molecule has 1 nitrogen and oxygen atoms in total. The largest absolute Gasteiger partial charge is 0.294 e. The van der Waals surface area contributed by atoms with Gasteiger partial charge in [0, 0.05) is 12.0 Å². The first kappa shape index (κ1) is 15.3. The molecular formula is C19H28O. The van der Waals surface area contributed by atoms with Gasteiger partial charge in [-0.25, -0.2) is 0 Å². The topological polar surface area (TPSA) is 17.1 Å². The van der Waals surface area contributed by atoms with Gasteiger partial charge in [0.25, 0.3) is 0 Å². The van der Waals surface area contributed by atoms with E-state index in [-0.39, 0.29) is 0 Å². The molecule has 1 aliphatic carbocycles. The minimum absolute atomic E-state index is 0.364. The van der Waals surface area contributed by atoms with Crippen LogP contribution in [0.3, 0.4) is 0 Å². The molecule has 0 aliphatic heterocycles. The van der Waals surface area contributed by atoms with Crippen molar-refractivity contribution < 1.29 is 4.79 Å². The summed E-state index contributed by atoms with van der Waals surface area (Å²) in [5.74, 6) is 1.02. The van der Waals surface area contributed by atoms with Crippen molar-refractivity contribution in [3.8, 4) is 0 Å². The van der Waals surface area contributed by atoms with Crippen LogP contribution in [0.25, 0.3) is 0 Å². The van der Waals surface area contributed by atoms with E-state index in [1.54, 1.807) is 0 Å². The third-order valence-electron chi connectivity index (χ3n) is 4.56. The SMILES string of the molecule is CCCCCCCCC(=O)c1ccccc1C1CCC1. The molecule has 0 saturated heterocycles. The van der Waals surface area contributed by atoms with Crippen LogP contribution in [-0.4, -0.2) is 5.78 Å². The molecule has 110 valence electrons. The molecule has 0 aromatic heterocycles. The smallest absolute Gasteiger partial charge is 0.163 e. The zero-order chi connectivity index (χ0) is 14.2. The van der Waals surface area contributed by atoms with Gasteiger partial charge in [0.05, 0.1) is 0 Å². The molecule has 1 saturated carbocycles. The van der Waals surface area contributed by atoms with Crippen LogP contribution in [0, 0.1) is 0 Å². The number of Topliss-reactive ketones (excluding diaryl/α,β-unsaturated/α-hetero) is 1. The zero-order valence-corrected chi connectivity index (χ0v) is 12.9. The van der Waals surface area contributed by atoms with Gasteiger partial charge in [0.1, 0.15) is 0 Å². The zero-order valence-electron chi connectivity index (χ0n) is 12.9. The van der Waals surface area contributed by atoms with E-state index in [9.17, 15) is 4.79 Å². The highest BCUT2D eigenvalue weighted by Gasteiger charge is 2.23. The fourth-order valence-electron chi connectivity index (χ4n) is 3.03. The minimum atomic E-state index is 0.364. The Kier molecular flexibility index (Phi) is 6.29. The maximum Gasteiger partial charge on any atom is 0.163 e. The number of hydrogen-bond acceptors (Lipinski definition) is 1. The van der Waals surface area contributed by atoms with Gasteiger partial charge in [-0.05, 0) is 30.7 Å². The Hall–Kier alpha value is -1.11. The number of hydrogen-bond donors (Lipinski definition) is 0. The van der Waals surface area contributed by atoms with Gasteiger partial charge < -0.3 is 0 Å². The molecule has 20 heavy (non-hydrogen) atoms. The first-order valence-electron chi connectivity index (χ1n) is 8.45. The van der Waals surface area contributed by atoms with Crippen molar-refractivity contribution in [1.29, 1.82) is 0 Å². The van der Waals surface area contributed by atoms with Crippen molar-refractivity contribution in [3.05, 3.63) is 35.4 Å². The highest BCUT2D eigenvalue weighted by molar-refractivity contribution is 5.97. The third-order valence-corrected chi connectivity index (χ3v) is 4.56. The van der Waals surface area contributed by atoms with Gasteiger partial charge in [-0.2, -0.15) is 0 Å². The van der Waals surface area contributed by atoms with E-state index in [1.165, 1.54) is 56.9 Å². The second kappa shape index (κ2) is 8.24. The highest BCUT2D eigenvalue weighted by atomic mass is 16.1. The molecule has 2 rings (SSSR count). The van der Waals surface area contributed by atoms with Crippen LogP contribution in [0.4, 0.5) is 0 Å². The van der Waals surface area contributed by atoms with E-state index in [1.807, 2.05) is 12.1 Å². The number of ketones is 1. The standard InChI is InChI=1S/C19H28O/c1-2-3-4-5-6-7-15-19(20)18-14-9-8-13-17(18)16-11-10-12-16/h8-9,13-14,16H,2-7,10-12,15H2,1H3. The van der Waals surface area contributed by atoms with Gasteiger partial charge in [-0.3, -0.25) is 4.79 Å². The lowest BCUT2D eigenvalue weighted by Gasteiger charge is -2.27. The van der Waals surface area contributed by atoms with Crippen LogP contribution in [0.2, 0.25) is 0 Å². The number of rotatable bonds is 9. The molecular weight excluding hydrogens is 244 g/mol. The van der Waals surface area contributed by atoms with Gasteiger partial charge >= 0.3 is 0 Å². The summed E-state index contributed by atoms with van der Waals surface area (Å²) < 4.78 is 0. The summed E-state index contributed by atoms with van der Waals surface area (Å²) in [5.41, 5.74) is 2.32. The van der Waals surface area contributed by atoms with Crippen molar-refractivity contribution >= 4 is 5.78 Å². The number of carbonyl (C=O) groups excluding carboxylic acids is 1. The van der Waals surface area contributed by atoms with E-state index in [0.717, 1.165) is 18.4 Å². The molecule has 1 heteroatoms. The van der Waals surface area contributed by atoms with E-state index in [2.05, 4.69) is 19.1 Å². The quantitative estimate of drug-likeness (QED) is 0.405. The Morgan fingerprint density at radius 3 is 2.45 bits per heavy atom. The molecule has 0 N–H and O–H groups in total. The molecule has 1 aromatic carbocycles. The van der Waals surface area contributed by atoms with Crippen molar-refractivity contribution in [2.45, 2.75) is 77.0 Å². The Morgan fingerprint density at radius 1 is 1.05 bits per heavy atom. The van der Waals surface area contributed by atoms with Gasteiger partial charge in [0.15, 0.2) is 5.78 Å². The summed E-state index contributed by atoms with van der Waals surface area (Å²) in [6, 6.07) is 8.29. The van der Waals surface area contributed by atoms with Crippen LogP contribution in [-0.2, 0) is 0 Å². The van der Waals surface area contributed by atoms with Crippen LogP contribution >= 0.6 is 0 Å². The summed E-state index contributed by atoms with van der Waals surface area (Å²) in [6.45, 7) is 2.24. The normalized spacial score (nSPS) is 15.1. The van der Waals surface area contributed by atoms with E-state index in [0.29, 0.717) is 11.7 Å². The maximum absolute atomic E-state index is 12.4. The van der Waals surface area contributed by atoms with Gasteiger partial charge in [-0.15, -0.1) is 0 Å². The molecule has 0 amide bonds. The fraction of sp³-hybridized carbons (Fsp3) is 0.632. The summed E-state index contributed by atoms with van der Waals surface area (Å²) in [4.78, 5) is 12.4. The van der Waals surface area contributed by atoms with Crippen molar-refractivity contribution in [1.82, 2.24) is 0 Å². The highest BCUT2D eigenvalue weighted by Crippen LogP contribution is 2.38. The molecule has 0 unspecified atom stereocenters. The van der Waals surface area contributed by atoms with E-state index >= 15 is 0 Å². The number of carbonyl (C=O) groups is 1. The van der Waals surface area contributed by atoms with E-state index < -0.39 is 0 Å². The number of benzene rings is 1. The summed E-state index contributed by atoms with van der Waals surface area (Å²) >= 11 is 0. The van der Waals surface area contributed by atoms with Crippen molar-refractivity contribution in [3.63, 3.8) is 0 Å². The Bertz CT molecular complexity index is 418. The Morgan fingerprint density at radius 2 is 1.75 bits per heavy atom. The predicted octanol–water partition coefficient (Wildman–Crippen LogP) is 5.89. The molecule has 0 radical (unpaired) electrons. The Labute approximate surface area is 123 Å². The predicted molar refractivity (Wildman–Crippen MR) is 85.4 cm³/mol. The third kappa shape index (κ3) is 4.19. The van der Waals surface area contributed by atoms with Crippen LogP contribution < -0.4 is 0 Å². The minimum Gasteiger partial charge on any atom is -0.294 e. The lowest BCUT2D eigenvalue weighted by Crippen LogP contribution is -2.13. The molecule has 1 aromatic rings. The second-order valence-electron chi connectivity index (χ2n) is 6.16. The molecule has 0 heterocycles. The van der Waals surface area contributed by atoms with Crippen molar-refractivity contribution in [2.24, 2.45) is 0 Å². The molecule has 0 atom stereocenters. The van der Waals surface area contributed by atoms with Crippen LogP contribution in [0.15, 0.2) is 24.3 Å². The average Bonchev–Trinajstić information content (AvgIpc) is 2.41. The van der Waals surface area contributed by atoms with Gasteiger partial charge in [0.2, 0.25) is 0 Å². The summed E-state index contributed by atoms with van der Waals surface area (Å²) in [7, 11) is 0. The van der Waals surface area contributed by atoms with Gasteiger partial charge in [-0.1, -0.05) is 69.7 Å². The molecule has 0 spiro atoms. The van der Waals surface area contributed by atoms with E-state index in [4.69, 9.17) is 0 Å². The molecule has 1 fully saturated rings. The maximum atomic E-state index is 12.4.